The second-order valence-corrected chi connectivity index (χ2v) is 4.67. The normalized spacial score (nSPS) is 15.2. The largest absolute Gasteiger partial charge is 0.482 e. The van der Waals surface area contributed by atoms with Crippen molar-refractivity contribution < 1.29 is 14.3 Å². The van der Waals surface area contributed by atoms with Gasteiger partial charge in [-0.2, -0.15) is 0 Å². The number of fused-ring (bicyclic) bond motifs is 1. The van der Waals surface area contributed by atoms with Crippen molar-refractivity contribution >= 4 is 17.4 Å². The molecule has 1 aliphatic rings. The summed E-state index contributed by atoms with van der Waals surface area (Å²) in [4.78, 5) is 22.4. The fourth-order valence-corrected chi connectivity index (χ4v) is 2.14. The Labute approximate surface area is 112 Å². The van der Waals surface area contributed by atoms with Gasteiger partial charge in [0, 0.05) is 12.5 Å². The Morgan fingerprint density at radius 1 is 1.53 bits per heavy atom. The molecular weight excluding hydrogens is 244 g/mol. The number of hydrogen-bond donors (Lipinski definition) is 2. The third-order valence-corrected chi connectivity index (χ3v) is 3.17. The molecule has 0 aromatic heterocycles. The Hall–Kier alpha value is -1.88. The first-order chi connectivity index (χ1) is 9.10. The molecule has 0 radical (unpaired) electrons. The molecule has 2 N–H and O–H groups in total. The van der Waals surface area contributed by atoms with E-state index in [1.54, 1.807) is 6.92 Å². The molecule has 0 fully saturated rings. The van der Waals surface area contributed by atoms with Crippen LogP contribution < -0.4 is 15.4 Å². The molecule has 1 aromatic carbocycles. The molecule has 1 aliphatic heterocycles. The Bertz CT molecular complexity index is 499. The highest BCUT2D eigenvalue weighted by atomic mass is 16.5. The van der Waals surface area contributed by atoms with E-state index in [0.717, 1.165) is 12.0 Å². The number of rotatable bonds is 5. The minimum absolute atomic E-state index is 0.0616. The third-order valence-electron chi connectivity index (χ3n) is 3.17. The number of anilines is 1. The molecular formula is C14H18N2O3. The van der Waals surface area contributed by atoms with Gasteiger partial charge < -0.3 is 20.2 Å². The van der Waals surface area contributed by atoms with E-state index in [-0.39, 0.29) is 24.3 Å². The summed E-state index contributed by atoms with van der Waals surface area (Å²) >= 11 is 0. The molecule has 19 heavy (non-hydrogen) atoms. The second kappa shape index (κ2) is 5.84. The number of ketones is 1. The van der Waals surface area contributed by atoms with Crippen molar-refractivity contribution in [3.05, 3.63) is 23.8 Å². The number of Topliss-reactive ketones (excluding diaryl/α,β-unsaturated/α-hetero) is 1. The smallest absolute Gasteiger partial charge is 0.262 e. The van der Waals surface area contributed by atoms with Crippen LogP contribution in [0.15, 0.2) is 18.2 Å². The summed E-state index contributed by atoms with van der Waals surface area (Å²) in [7, 11) is 1.86. The number of nitrogens with one attached hydrogen (secondary N) is 2. The van der Waals surface area contributed by atoms with Crippen LogP contribution in [0.2, 0.25) is 0 Å². The van der Waals surface area contributed by atoms with E-state index in [1.807, 2.05) is 25.2 Å². The van der Waals surface area contributed by atoms with E-state index in [1.165, 1.54) is 0 Å². The molecule has 1 atom stereocenters. The van der Waals surface area contributed by atoms with Crippen molar-refractivity contribution in [2.24, 2.45) is 0 Å². The zero-order valence-corrected chi connectivity index (χ0v) is 11.2. The van der Waals surface area contributed by atoms with Crippen LogP contribution in [-0.4, -0.2) is 25.3 Å². The average Bonchev–Trinajstić information content (AvgIpc) is 2.38. The molecule has 5 heteroatoms. The van der Waals surface area contributed by atoms with E-state index in [0.29, 0.717) is 17.9 Å². The number of benzene rings is 1. The van der Waals surface area contributed by atoms with Crippen LogP contribution in [0.5, 0.6) is 5.75 Å². The van der Waals surface area contributed by atoms with E-state index in [4.69, 9.17) is 4.74 Å². The summed E-state index contributed by atoms with van der Waals surface area (Å²) in [6, 6.07) is 5.79. The van der Waals surface area contributed by atoms with Crippen molar-refractivity contribution in [3.8, 4) is 5.75 Å². The predicted molar refractivity (Wildman–Crippen MR) is 72.3 cm³/mol. The van der Waals surface area contributed by atoms with E-state index < -0.39 is 0 Å². The lowest BCUT2D eigenvalue weighted by molar-refractivity contribution is -0.119. The number of carbonyl (C=O) groups is 2. The van der Waals surface area contributed by atoms with Gasteiger partial charge in [0.15, 0.2) is 6.61 Å². The van der Waals surface area contributed by atoms with Gasteiger partial charge in [-0.3, -0.25) is 4.79 Å². The minimum Gasteiger partial charge on any atom is -0.482 e. The Morgan fingerprint density at radius 2 is 2.32 bits per heavy atom. The number of carbonyl (C=O) groups excluding carboxylic acids is 2. The van der Waals surface area contributed by atoms with Crippen LogP contribution in [0.3, 0.4) is 0 Å². The van der Waals surface area contributed by atoms with Gasteiger partial charge in [-0.1, -0.05) is 6.07 Å². The summed E-state index contributed by atoms with van der Waals surface area (Å²) in [5.41, 5.74) is 1.73. The quantitative estimate of drug-likeness (QED) is 0.846. The van der Waals surface area contributed by atoms with Crippen LogP contribution in [-0.2, 0) is 9.59 Å². The molecule has 1 heterocycles. The molecule has 0 bridgehead atoms. The first-order valence-corrected chi connectivity index (χ1v) is 6.33. The standard InChI is InChI=1S/C14H18N2O3/c1-9(17)3-5-11(15-2)10-4-6-13-12(7-10)16-14(18)8-19-13/h4,6-7,11,15H,3,5,8H2,1-2H3,(H,16,18). The number of amides is 1. The molecule has 5 nitrogen and oxygen atoms in total. The highest BCUT2D eigenvalue weighted by Crippen LogP contribution is 2.31. The predicted octanol–water partition coefficient (Wildman–Crippen LogP) is 1.65. The van der Waals surface area contributed by atoms with Crippen LogP contribution in [0.25, 0.3) is 0 Å². The average molecular weight is 262 g/mol. The molecule has 1 aromatic rings. The summed E-state index contributed by atoms with van der Waals surface area (Å²) < 4.78 is 5.32. The van der Waals surface area contributed by atoms with Crippen molar-refractivity contribution in [3.63, 3.8) is 0 Å². The minimum atomic E-state index is -0.144. The second-order valence-electron chi connectivity index (χ2n) is 4.67. The van der Waals surface area contributed by atoms with Crippen LogP contribution in [0, 0.1) is 0 Å². The zero-order valence-electron chi connectivity index (χ0n) is 11.2. The van der Waals surface area contributed by atoms with Crippen molar-refractivity contribution in [2.75, 3.05) is 19.0 Å². The molecule has 1 amide bonds. The highest BCUT2D eigenvalue weighted by molar-refractivity contribution is 5.95. The summed E-state index contributed by atoms with van der Waals surface area (Å²) in [5.74, 6) is 0.717. The monoisotopic (exact) mass is 262 g/mol. The Balaban J connectivity index is 2.17. The lowest BCUT2D eigenvalue weighted by atomic mass is 10.00. The van der Waals surface area contributed by atoms with E-state index >= 15 is 0 Å². The molecule has 0 spiro atoms. The summed E-state index contributed by atoms with van der Waals surface area (Å²) in [6.45, 7) is 1.65. The molecule has 0 aliphatic carbocycles. The topological polar surface area (TPSA) is 67.4 Å². The van der Waals surface area contributed by atoms with Gasteiger partial charge in [-0.15, -0.1) is 0 Å². The van der Waals surface area contributed by atoms with E-state index in [9.17, 15) is 9.59 Å². The lowest BCUT2D eigenvalue weighted by Crippen LogP contribution is -2.26. The maximum absolute atomic E-state index is 11.3. The third kappa shape index (κ3) is 3.32. The number of ether oxygens (including phenoxy) is 1. The highest BCUT2D eigenvalue weighted by Gasteiger charge is 2.18. The van der Waals surface area contributed by atoms with Gasteiger partial charge in [0.2, 0.25) is 0 Å². The zero-order chi connectivity index (χ0) is 13.8. The fraction of sp³-hybridized carbons (Fsp3) is 0.429. The van der Waals surface area contributed by atoms with Crippen molar-refractivity contribution in [1.29, 1.82) is 0 Å². The van der Waals surface area contributed by atoms with E-state index in [2.05, 4.69) is 10.6 Å². The van der Waals surface area contributed by atoms with Gasteiger partial charge in [-0.25, -0.2) is 0 Å². The van der Waals surface area contributed by atoms with Gasteiger partial charge in [0.05, 0.1) is 5.69 Å². The summed E-state index contributed by atoms with van der Waals surface area (Å²) in [5, 5.41) is 5.97. The maximum atomic E-state index is 11.3. The Morgan fingerprint density at radius 3 is 3.00 bits per heavy atom. The first-order valence-electron chi connectivity index (χ1n) is 6.33. The number of hydrogen-bond acceptors (Lipinski definition) is 4. The van der Waals surface area contributed by atoms with Gasteiger partial charge in [0.25, 0.3) is 5.91 Å². The van der Waals surface area contributed by atoms with Gasteiger partial charge in [0.1, 0.15) is 11.5 Å². The van der Waals surface area contributed by atoms with Crippen LogP contribution in [0.4, 0.5) is 5.69 Å². The Kier molecular flexibility index (Phi) is 4.16. The summed E-state index contributed by atoms with van der Waals surface area (Å²) in [6.07, 6.45) is 1.27. The van der Waals surface area contributed by atoms with Crippen LogP contribution in [0.1, 0.15) is 31.4 Å². The van der Waals surface area contributed by atoms with Crippen molar-refractivity contribution in [1.82, 2.24) is 5.32 Å². The lowest BCUT2D eigenvalue weighted by Gasteiger charge is -2.21. The SMILES string of the molecule is CNC(CCC(C)=O)c1ccc2c(c1)NC(=O)CO2. The molecule has 0 saturated heterocycles. The van der Waals surface area contributed by atoms with Crippen molar-refractivity contribution in [2.45, 2.75) is 25.8 Å². The van der Waals surface area contributed by atoms with Gasteiger partial charge in [-0.05, 0) is 38.1 Å². The molecule has 0 saturated carbocycles. The molecule has 2 rings (SSSR count). The molecule has 1 unspecified atom stereocenters. The molecule has 102 valence electrons. The van der Waals surface area contributed by atoms with Crippen LogP contribution >= 0.6 is 0 Å². The first kappa shape index (κ1) is 13.5. The fourth-order valence-electron chi connectivity index (χ4n) is 2.14. The maximum Gasteiger partial charge on any atom is 0.262 e. The van der Waals surface area contributed by atoms with Gasteiger partial charge >= 0.3 is 0 Å².